The Hall–Kier alpha value is -1.93. The number of nitrogen functional groups attached to an aromatic ring is 1. The van der Waals surface area contributed by atoms with Crippen molar-refractivity contribution in [1.82, 2.24) is 0 Å². The first-order chi connectivity index (χ1) is 9.10. The van der Waals surface area contributed by atoms with E-state index in [1.54, 1.807) is 0 Å². The van der Waals surface area contributed by atoms with Gasteiger partial charge in [0.05, 0.1) is 5.69 Å². The van der Waals surface area contributed by atoms with Gasteiger partial charge in [0, 0.05) is 10.4 Å². The normalized spacial score (nSPS) is 10.4. The van der Waals surface area contributed by atoms with E-state index in [9.17, 15) is 8.78 Å². The Morgan fingerprint density at radius 3 is 2.74 bits per heavy atom. The van der Waals surface area contributed by atoms with E-state index in [4.69, 9.17) is 11.0 Å². The van der Waals surface area contributed by atoms with E-state index in [-0.39, 0.29) is 5.56 Å². The van der Waals surface area contributed by atoms with Crippen molar-refractivity contribution in [3.63, 3.8) is 0 Å². The molecule has 2 rings (SSSR count). The van der Waals surface area contributed by atoms with Crippen LogP contribution in [0.4, 0.5) is 14.5 Å². The number of nitriles is 1. The van der Waals surface area contributed by atoms with Crippen LogP contribution in [-0.4, -0.2) is 0 Å². The smallest absolute Gasteiger partial charge is 0.167 e. The number of thiophene rings is 1. The molecule has 0 atom stereocenters. The molecule has 19 heavy (non-hydrogen) atoms. The van der Waals surface area contributed by atoms with Gasteiger partial charge in [-0.15, -0.1) is 11.3 Å². The van der Waals surface area contributed by atoms with Gasteiger partial charge in [-0.1, -0.05) is 25.5 Å². The first kappa shape index (κ1) is 13.5. The van der Waals surface area contributed by atoms with Gasteiger partial charge in [0.25, 0.3) is 0 Å². The van der Waals surface area contributed by atoms with E-state index < -0.39 is 11.6 Å². The molecule has 98 valence electrons. The van der Waals surface area contributed by atoms with E-state index in [1.165, 1.54) is 12.1 Å². The van der Waals surface area contributed by atoms with Crippen molar-refractivity contribution in [3.05, 3.63) is 40.3 Å². The Morgan fingerprint density at radius 1 is 1.37 bits per heavy atom. The van der Waals surface area contributed by atoms with Gasteiger partial charge in [0.15, 0.2) is 11.6 Å². The van der Waals surface area contributed by atoms with Crippen LogP contribution < -0.4 is 5.73 Å². The maximum atomic E-state index is 13.9. The first-order valence-corrected chi connectivity index (χ1v) is 6.67. The number of hydrogen-bond donors (Lipinski definition) is 1. The monoisotopic (exact) mass is 278 g/mol. The average molecular weight is 278 g/mol. The molecule has 1 aromatic carbocycles. The molecule has 0 fully saturated rings. The summed E-state index contributed by atoms with van der Waals surface area (Å²) in [6.07, 6.45) is 1.45. The van der Waals surface area contributed by atoms with Crippen LogP contribution in [0.1, 0.15) is 23.8 Å². The fourth-order valence-corrected chi connectivity index (χ4v) is 3.04. The molecule has 0 amide bonds. The van der Waals surface area contributed by atoms with E-state index >= 15 is 0 Å². The Labute approximate surface area is 114 Å². The largest absolute Gasteiger partial charge is 0.397 e. The van der Waals surface area contributed by atoms with Crippen molar-refractivity contribution in [2.75, 3.05) is 5.73 Å². The molecule has 2 nitrogen and oxygen atoms in total. The van der Waals surface area contributed by atoms with Crippen LogP contribution >= 0.6 is 11.3 Å². The summed E-state index contributed by atoms with van der Waals surface area (Å²) in [7, 11) is 0. The fourth-order valence-electron chi connectivity index (χ4n) is 1.96. The average Bonchev–Trinajstić information content (AvgIpc) is 2.71. The Morgan fingerprint density at radius 2 is 2.11 bits per heavy atom. The second kappa shape index (κ2) is 5.37. The molecule has 1 heterocycles. The molecule has 0 radical (unpaired) electrons. The number of hydrogen-bond acceptors (Lipinski definition) is 3. The SMILES string of the molecule is CCCc1c(-c2cccc(F)c2F)sc(C#N)c1N. The highest BCUT2D eigenvalue weighted by Gasteiger charge is 2.20. The minimum atomic E-state index is -0.898. The Bertz CT molecular complexity index is 656. The maximum Gasteiger partial charge on any atom is 0.167 e. The molecule has 0 aliphatic carbocycles. The van der Waals surface area contributed by atoms with Crippen LogP contribution in [0.2, 0.25) is 0 Å². The van der Waals surface area contributed by atoms with Crippen LogP contribution in [-0.2, 0) is 6.42 Å². The van der Waals surface area contributed by atoms with Gasteiger partial charge in [-0.2, -0.15) is 5.26 Å². The Kier molecular flexibility index (Phi) is 3.82. The van der Waals surface area contributed by atoms with Crippen LogP contribution in [0.3, 0.4) is 0 Å². The summed E-state index contributed by atoms with van der Waals surface area (Å²) in [4.78, 5) is 0.898. The lowest BCUT2D eigenvalue weighted by Crippen LogP contribution is -1.95. The van der Waals surface area contributed by atoms with Crippen molar-refractivity contribution >= 4 is 17.0 Å². The first-order valence-electron chi connectivity index (χ1n) is 5.85. The molecule has 0 spiro atoms. The van der Waals surface area contributed by atoms with Gasteiger partial charge in [-0.05, 0) is 18.1 Å². The zero-order valence-corrected chi connectivity index (χ0v) is 11.2. The van der Waals surface area contributed by atoms with Crippen LogP contribution in [0, 0.1) is 23.0 Å². The highest BCUT2D eigenvalue weighted by atomic mass is 32.1. The third kappa shape index (κ3) is 2.32. The summed E-state index contributed by atoms with van der Waals surface area (Å²) in [6, 6.07) is 6.02. The number of nitrogens with zero attached hydrogens (tertiary/aromatic N) is 1. The minimum Gasteiger partial charge on any atom is -0.397 e. The molecular formula is C14H12F2N2S. The van der Waals surface area contributed by atoms with Crippen molar-refractivity contribution in [1.29, 1.82) is 5.26 Å². The van der Waals surface area contributed by atoms with Crippen molar-refractivity contribution in [2.24, 2.45) is 0 Å². The number of rotatable bonds is 3. The molecule has 0 bridgehead atoms. The fraction of sp³-hybridized carbons (Fsp3) is 0.214. The highest BCUT2D eigenvalue weighted by Crippen LogP contribution is 2.40. The number of nitrogens with two attached hydrogens (primary N) is 1. The molecular weight excluding hydrogens is 266 g/mol. The molecule has 0 aliphatic heterocycles. The second-order valence-electron chi connectivity index (χ2n) is 4.12. The van der Waals surface area contributed by atoms with Crippen molar-refractivity contribution in [2.45, 2.75) is 19.8 Å². The number of halogens is 2. The summed E-state index contributed by atoms with van der Waals surface area (Å²) in [6.45, 7) is 1.97. The number of anilines is 1. The lowest BCUT2D eigenvalue weighted by Gasteiger charge is -2.05. The van der Waals surface area contributed by atoms with Crippen LogP contribution in [0.25, 0.3) is 10.4 Å². The third-order valence-corrected chi connectivity index (χ3v) is 4.03. The summed E-state index contributed by atoms with van der Waals surface area (Å²) in [5, 5.41) is 9.01. The zero-order valence-electron chi connectivity index (χ0n) is 10.3. The quantitative estimate of drug-likeness (QED) is 0.918. The summed E-state index contributed by atoms with van der Waals surface area (Å²) in [5.74, 6) is -1.80. The lowest BCUT2D eigenvalue weighted by molar-refractivity contribution is 0.511. The van der Waals surface area contributed by atoms with E-state index in [2.05, 4.69) is 0 Å². The molecule has 1 aromatic heterocycles. The van der Waals surface area contributed by atoms with E-state index in [0.29, 0.717) is 21.9 Å². The maximum absolute atomic E-state index is 13.9. The molecule has 0 aliphatic rings. The third-order valence-electron chi connectivity index (χ3n) is 2.85. The second-order valence-corrected chi connectivity index (χ2v) is 5.14. The lowest BCUT2D eigenvalue weighted by atomic mass is 10.0. The highest BCUT2D eigenvalue weighted by molar-refractivity contribution is 7.16. The summed E-state index contributed by atoms with van der Waals surface area (Å²) >= 11 is 1.11. The van der Waals surface area contributed by atoms with E-state index in [1.807, 2.05) is 13.0 Å². The topological polar surface area (TPSA) is 49.8 Å². The van der Waals surface area contributed by atoms with Crippen LogP contribution in [0.5, 0.6) is 0 Å². The van der Waals surface area contributed by atoms with Crippen LogP contribution in [0.15, 0.2) is 18.2 Å². The van der Waals surface area contributed by atoms with Gasteiger partial charge < -0.3 is 5.73 Å². The van der Waals surface area contributed by atoms with Gasteiger partial charge in [-0.3, -0.25) is 0 Å². The molecule has 5 heteroatoms. The van der Waals surface area contributed by atoms with Gasteiger partial charge in [-0.25, -0.2) is 8.78 Å². The standard InChI is InChI=1S/C14H12F2N2S/c1-2-4-9-13(18)11(7-17)19-14(9)8-5-3-6-10(15)12(8)16/h3,5-6H,2,4,18H2,1H3. The summed E-state index contributed by atoms with van der Waals surface area (Å²) < 4.78 is 27.2. The van der Waals surface area contributed by atoms with Gasteiger partial charge in [0.1, 0.15) is 10.9 Å². The molecule has 0 unspecified atom stereocenters. The van der Waals surface area contributed by atoms with Gasteiger partial charge in [0.2, 0.25) is 0 Å². The zero-order chi connectivity index (χ0) is 14.0. The summed E-state index contributed by atoms with van der Waals surface area (Å²) in [5.41, 5.74) is 7.18. The molecule has 0 saturated carbocycles. The van der Waals surface area contributed by atoms with Gasteiger partial charge >= 0.3 is 0 Å². The molecule has 2 aromatic rings. The molecule has 2 N–H and O–H groups in total. The van der Waals surface area contributed by atoms with E-state index in [0.717, 1.165) is 29.4 Å². The minimum absolute atomic E-state index is 0.168. The van der Waals surface area contributed by atoms with Crippen molar-refractivity contribution in [3.8, 4) is 16.5 Å². The molecule has 0 saturated heterocycles. The predicted octanol–water partition coefficient (Wildman–Crippen LogP) is 4.10. The Balaban J connectivity index is 2.68. The number of benzene rings is 1. The predicted molar refractivity (Wildman–Crippen MR) is 72.8 cm³/mol. The van der Waals surface area contributed by atoms with Crippen molar-refractivity contribution < 1.29 is 8.78 Å².